The Labute approximate surface area is 95.5 Å². The highest BCUT2D eigenvalue weighted by Gasteiger charge is 2.03. The first-order chi connectivity index (χ1) is 7.70. The van der Waals surface area contributed by atoms with E-state index < -0.39 is 0 Å². The van der Waals surface area contributed by atoms with Crippen molar-refractivity contribution in [2.24, 2.45) is 0 Å². The zero-order valence-corrected chi connectivity index (χ0v) is 9.60. The summed E-state index contributed by atoms with van der Waals surface area (Å²) in [6.45, 7) is 4.94. The summed E-state index contributed by atoms with van der Waals surface area (Å²) >= 11 is 0. The van der Waals surface area contributed by atoms with Gasteiger partial charge in [-0.3, -0.25) is 4.79 Å². The zero-order valence-electron chi connectivity index (χ0n) is 9.60. The number of carbonyl (C=O) groups is 1. The molecule has 0 aliphatic rings. The van der Waals surface area contributed by atoms with E-state index in [1.807, 2.05) is 22.9 Å². The van der Waals surface area contributed by atoms with E-state index in [0.29, 0.717) is 0 Å². The third-order valence-electron chi connectivity index (χ3n) is 2.83. The highest BCUT2D eigenvalue weighted by atomic mass is 16.1. The van der Waals surface area contributed by atoms with E-state index in [9.17, 15) is 4.79 Å². The summed E-state index contributed by atoms with van der Waals surface area (Å²) in [5.41, 5.74) is 4.50. The number of carbonyl (C=O) groups excluding carboxylic acids is 1. The minimum absolute atomic E-state index is 0.723. The molecule has 1 heterocycles. The van der Waals surface area contributed by atoms with Crippen LogP contribution in [0.1, 0.15) is 27.2 Å². The molecule has 1 aromatic heterocycles. The van der Waals surface area contributed by atoms with E-state index in [1.165, 1.54) is 16.7 Å². The van der Waals surface area contributed by atoms with Gasteiger partial charge in [-0.05, 0) is 37.1 Å². The summed E-state index contributed by atoms with van der Waals surface area (Å²) in [7, 11) is 0. The third-order valence-corrected chi connectivity index (χ3v) is 2.83. The molecule has 0 fully saturated rings. The van der Waals surface area contributed by atoms with Gasteiger partial charge < -0.3 is 4.57 Å². The molecule has 0 saturated heterocycles. The summed E-state index contributed by atoms with van der Waals surface area (Å²) in [4.78, 5) is 10.8. The van der Waals surface area contributed by atoms with Gasteiger partial charge in [0.25, 0.3) is 0 Å². The molecule has 1 aromatic carbocycles. The third kappa shape index (κ3) is 2.06. The number of nitrogens with zero attached hydrogens (tertiary/aromatic N) is 1. The first-order valence-electron chi connectivity index (χ1n) is 5.37. The summed E-state index contributed by atoms with van der Waals surface area (Å²) < 4.78 is 1.97. The quantitative estimate of drug-likeness (QED) is 0.718. The average molecular weight is 213 g/mol. The van der Waals surface area contributed by atoms with Crippen molar-refractivity contribution in [1.82, 2.24) is 4.57 Å². The van der Waals surface area contributed by atoms with Crippen LogP contribution in [0.4, 0.5) is 0 Å². The van der Waals surface area contributed by atoms with Gasteiger partial charge >= 0.3 is 0 Å². The van der Waals surface area contributed by atoms with Crippen molar-refractivity contribution in [2.75, 3.05) is 0 Å². The monoisotopic (exact) mass is 213 g/mol. The second-order valence-corrected chi connectivity index (χ2v) is 4.11. The lowest BCUT2D eigenvalue weighted by molar-refractivity contribution is 0.111. The maximum atomic E-state index is 10.8. The Bertz CT molecular complexity index is 511. The molecule has 0 saturated carbocycles. The second kappa shape index (κ2) is 4.35. The van der Waals surface area contributed by atoms with Gasteiger partial charge in [-0.25, -0.2) is 0 Å². The second-order valence-electron chi connectivity index (χ2n) is 4.11. The number of aromatic nitrogens is 1. The van der Waals surface area contributed by atoms with Crippen molar-refractivity contribution in [3.63, 3.8) is 0 Å². The predicted molar refractivity (Wildman–Crippen MR) is 64.8 cm³/mol. The van der Waals surface area contributed by atoms with Crippen molar-refractivity contribution in [3.05, 3.63) is 58.9 Å². The fourth-order valence-electron chi connectivity index (χ4n) is 1.83. The molecular formula is C14H15NO. The van der Waals surface area contributed by atoms with Crippen LogP contribution in [0.25, 0.3) is 0 Å². The average Bonchev–Trinajstić information content (AvgIpc) is 2.71. The number of hydrogen-bond acceptors (Lipinski definition) is 1. The van der Waals surface area contributed by atoms with Crippen LogP contribution in [0.2, 0.25) is 0 Å². The van der Waals surface area contributed by atoms with Crippen LogP contribution >= 0.6 is 0 Å². The first kappa shape index (κ1) is 10.7. The zero-order chi connectivity index (χ0) is 11.5. The van der Waals surface area contributed by atoms with Gasteiger partial charge in [0.15, 0.2) is 6.29 Å². The summed E-state index contributed by atoms with van der Waals surface area (Å²) in [6.07, 6.45) is 2.83. The molecule has 0 bridgehead atoms. The van der Waals surface area contributed by atoms with Crippen molar-refractivity contribution in [1.29, 1.82) is 0 Å². The van der Waals surface area contributed by atoms with Crippen LogP contribution in [-0.4, -0.2) is 10.9 Å². The molecule has 0 amide bonds. The van der Waals surface area contributed by atoms with Gasteiger partial charge in [-0.1, -0.05) is 23.8 Å². The van der Waals surface area contributed by atoms with Crippen molar-refractivity contribution in [2.45, 2.75) is 20.4 Å². The van der Waals surface area contributed by atoms with Gasteiger partial charge in [0, 0.05) is 12.7 Å². The fraction of sp³-hybridized carbons (Fsp3) is 0.214. The molecule has 0 aliphatic carbocycles. The lowest BCUT2D eigenvalue weighted by Gasteiger charge is -2.09. The molecule has 2 aromatic rings. The Morgan fingerprint density at radius 2 is 2.06 bits per heavy atom. The molecule has 16 heavy (non-hydrogen) atoms. The summed E-state index contributed by atoms with van der Waals surface area (Å²) in [5.74, 6) is 0. The molecule has 0 aliphatic heterocycles. The number of benzene rings is 1. The number of aldehydes is 1. The largest absolute Gasteiger partial charge is 0.341 e. The predicted octanol–water partition coefficient (Wildman–Crippen LogP) is 2.97. The van der Waals surface area contributed by atoms with Crippen LogP contribution in [0, 0.1) is 13.8 Å². The van der Waals surface area contributed by atoms with E-state index in [0.717, 1.165) is 18.5 Å². The minimum atomic E-state index is 0.723. The van der Waals surface area contributed by atoms with Crippen molar-refractivity contribution >= 4 is 6.29 Å². The Kier molecular flexibility index (Phi) is 2.91. The maximum Gasteiger partial charge on any atom is 0.166 e. The van der Waals surface area contributed by atoms with E-state index >= 15 is 0 Å². The Morgan fingerprint density at radius 3 is 2.81 bits per heavy atom. The van der Waals surface area contributed by atoms with Crippen LogP contribution in [0.3, 0.4) is 0 Å². The molecule has 0 N–H and O–H groups in total. The number of hydrogen-bond donors (Lipinski definition) is 0. The molecule has 0 unspecified atom stereocenters. The molecular weight excluding hydrogens is 198 g/mol. The standard InChI is InChI=1S/C14H15NO/c1-11-5-6-12(2)13(8-11)9-15-7-3-4-14(15)10-16/h3-8,10H,9H2,1-2H3. The van der Waals surface area contributed by atoms with E-state index in [1.54, 1.807) is 0 Å². The van der Waals surface area contributed by atoms with Gasteiger partial charge in [0.1, 0.15) is 0 Å². The van der Waals surface area contributed by atoms with Crippen LogP contribution in [0.15, 0.2) is 36.5 Å². The maximum absolute atomic E-state index is 10.8. The summed E-state index contributed by atoms with van der Waals surface area (Å²) in [5, 5.41) is 0. The highest BCUT2D eigenvalue weighted by Crippen LogP contribution is 2.13. The lowest BCUT2D eigenvalue weighted by Crippen LogP contribution is -2.04. The Balaban J connectivity index is 2.33. The molecule has 2 nitrogen and oxygen atoms in total. The topological polar surface area (TPSA) is 22.0 Å². The van der Waals surface area contributed by atoms with Gasteiger partial charge in [0.05, 0.1) is 5.69 Å². The van der Waals surface area contributed by atoms with Crippen LogP contribution in [0.5, 0.6) is 0 Å². The van der Waals surface area contributed by atoms with E-state index in [4.69, 9.17) is 0 Å². The molecule has 0 radical (unpaired) electrons. The van der Waals surface area contributed by atoms with E-state index in [2.05, 4.69) is 32.0 Å². The first-order valence-corrected chi connectivity index (χ1v) is 5.37. The van der Waals surface area contributed by atoms with Gasteiger partial charge in [0.2, 0.25) is 0 Å². The fourth-order valence-corrected chi connectivity index (χ4v) is 1.83. The van der Waals surface area contributed by atoms with Crippen LogP contribution in [-0.2, 0) is 6.54 Å². The number of rotatable bonds is 3. The Morgan fingerprint density at radius 1 is 1.25 bits per heavy atom. The normalized spacial score (nSPS) is 10.4. The molecule has 82 valence electrons. The Hall–Kier alpha value is -1.83. The van der Waals surface area contributed by atoms with E-state index in [-0.39, 0.29) is 0 Å². The molecule has 2 rings (SSSR count). The van der Waals surface area contributed by atoms with Crippen LogP contribution < -0.4 is 0 Å². The highest BCUT2D eigenvalue weighted by molar-refractivity contribution is 5.72. The summed E-state index contributed by atoms with van der Waals surface area (Å²) in [6, 6.07) is 10.1. The van der Waals surface area contributed by atoms with Gasteiger partial charge in [-0.15, -0.1) is 0 Å². The number of aryl methyl sites for hydroxylation is 2. The minimum Gasteiger partial charge on any atom is -0.341 e. The van der Waals surface area contributed by atoms with Gasteiger partial charge in [-0.2, -0.15) is 0 Å². The molecule has 2 heteroatoms. The van der Waals surface area contributed by atoms with Crippen molar-refractivity contribution < 1.29 is 4.79 Å². The van der Waals surface area contributed by atoms with Crippen molar-refractivity contribution in [3.8, 4) is 0 Å². The lowest BCUT2D eigenvalue weighted by atomic mass is 10.1. The molecule has 0 atom stereocenters. The smallest absolute Gasteiger partial charge is 0.166 e. The molecule has 0 spiro atoms. The SMILES string of the molecule is Cc1ccc(C)c(Cn2cccc2C=O)c1.